The van der Waals surface area contributed by atoms with Gasteiger partial charge < -0.3 is 15.3 Å². The van der Waals surface area contributed by atoms with Gasteiger partial charge in [-0.25, -0.2) is 4.79 Å². The van der Waals surface area contributed by atoms with Gasteiger partial charge in [0, 0.05) is 25.3 Å². The van der Waals surface area contributed by atoms with Crippen LogP contribution in [-0.2, 0) is 11.3 Å². The van der Waals surface area contributed by atoms with Gasteiger partial charge in [0.2, 0.25) is 0 Å². The Bertz CT molecular complexity index is 470. The zero-order chi connectivity index (χ0) is 15.1. The molecule has 1 heterocycles. The lowest BCUT2D eigenvalue weighted by Gasteiger charge is -2.19. The van der Waals surface area contributed by atoms with Crippen molar-refractivity contribution in [2.75, 3.05) is 19.6 Å². The molecule has 1 aromatic heterocycles. The Morgan fingerprint density at radius 3 is 2.65 bits per heavy atom. The number of likely N-dealkylation sites (N-methyl/N-ethyl adjacent to an activating group) is 1. The highest BCUT2D eigenvalue weighted by molar-refractivity contribution is 5.79. The molecule has 1 aromatic rings. The number of carboxylic acid groups (broad SMARTS) is 1. The molecule has 2 amide bonds. The molecule has 0 atom stereocenters. The monoisotopic (exact) mass is 282 g/mol. The number of hydrogen-bond acceptors (Lipinski definition) is 3. The van der Waals surface area contributed by atoms with Gasteiger partial charge in [0.05, 0.1) is 5.69 Å². The number of amides is 2. The van der Waals surface area contributed by atoms with E-state index < -0.39 is 5.97 Å². The maximum atomic E-state index is 11.7. The average molecular weight is 282 g/mol. The van der Waals surface area contributed by atoms with E-state index in [0.717, 1.165) is 24.4 Å². The van der Waals surface area contributed by atoms with Crippen molar-refractivity contribution in [3.8, 4) is 0 Å². The van der Waals surface area contributed by atoms with Crippen LogP contribution in [0.2, 0.25) is 0 Å². The van der Waals surface area contributed by atoms with Crippen LogP contribution in [0.25, 0.3) is 0 Å². The van der Waals surface area contributed by atoms with Gasteiger partial charge in [-0.05, 0) is 33.3 Å². The standard InChI is InChI=1S/C13H22N4O3/c1-4-16(9-12(18)19)13(20)14-6-5-7-17-11(3)8-10(2)15-17/h8H,4-7,9H2,1-3H3,(H,14,20)(H,18,19). The predicted octanol–water partition coefficient (Wildman–Crippen LogP) is 1.01. The molecule has 7 nitrogen and oxygen atoms in total. The molecule has 0 saturated carbocycles. The molecule has 20 heavy (non-hydrogen) atoms. The van der Waals surface area contributed by atoms with Gasteiger partial charge in [0.15, 0.2) is 0 Å². The second kappa shape index (κ2) is 7.52. The molecule has 0 aliphatic carbocycles. The number of rotatable bonds is 7. The number of nitrogens with zero attached hydrogens (tertiary/aromatic N) is 3. The summed E-state index contributed by atoms with van der Waals surface area (Å²) in [6, 6.07) is 1.66. The first-order valence-corrected chi connectivity index (χ1v) is 6.69. The molecule has 0 saturated heterocycles. The second-order valence-electron chi connectivity index (χ2n) is 4.64. The lowest BCUT2D eigenvalue weighted by atomic mass is 10.4. The Hall–Kier alpha value is -2.05. The molecular weight excluding hydrogens is 260 g/mol. The van der Waals surface area contributed by atoms with Gasteiger partial charge >= 0.3 is 12.0 Å². The van der Waals surface area contributed by atoms with E-state index in [1.54, 1.807) is 6.92 Å². The minimum Gasteiger partial charge on any atom is -0.480 e. The second-order valence-corrected chi connectivity index (χ2v) is 4.64. The topological polar surface area (TPSA) is 87.5 Å². The van der Waals surface area contributed by atoms with E-state index in [2.05, 4.69) is 10.4 Å². The number of carbonyl (C=O) groups is 2. The van der Waals surface area contributed by atoms with Crippen LogP contribution in [0.3, 0.4) is 0 Å². The summed E-state index contributed by atoms with van der Waals surface area (Å²) >= 11 is 0. The number of hydrogen-bond donors (Lipinski definition) is 2. The summed E-state index contributed by atoms with van der Waals surface area (Å²) in [6.45, 7) is 6.99. The summed E-state index contributed by atoms with van der Waals surface area (Å²) in [7, 11) is 0. The smallest absolute Gasteiger partial charge is 0.323 e. The van der Waals surface area contributed by atoms with Gasteiger partial charge in [-0.1, -0.05) is 0 Å². The van der Waals surface area contributed by atoms with Crippen LogP contribution in [-0.4, -0.2) is 51.4 Å². The quantitative estimate of drug-likeness (QED) is 0.730. The van der Waals surface area contributed by atoms with Crippen LogP contribution in [0.5, 0.6) is 0 Å². The summed E-state index contributed by atoms with van der Waals surface area (Å²) in [5, 5.41) is 15.7. The Kier molecular flexibility index (Phi) is 6.02. The Morgan fingerprint density at radius 1 is 1.45 bits per heavy atom. The van der Waals surface area contributed by atoms with E-state index in [-0.39, 0.29) is 12.6 Å². The van der Waals surface area contributed by atoms with Crippen molar-refractivity contribution in [1.29, 1.82) is 0 Å². The lowest BCUT2D eigenvalue weighted by molar-refractivity contribution is -0.137. The molecule has 0 spiro atoms. The van der Waals surface area contributed by atoms with Crippen LogP contribution in [0.15, 0.2) is 6.07 Å². The molecule has 2 N–H and O–H groups in total. The van der Waals surface area contributed by atoms with Crippen molar-refractivity contribution in [2.24, 2.45) is 0 Å². The SMILES string of the molecule is CCN(CC(=O)O)C(=O)NCCCn1nc(C)cc1C. The summed E-state index contributed by atoms with van der Waals surface area (Å²) in [4.78, 5) is 23.6. The van der Waals surface area contributed by atoms with Crippen LogP contribution in [0, 0.1) is 13.8 Å². The third-order valence-electron chi connectivity index (χ3n) is 2.92. The zero-order valence-electron chi connectivity index (χ0n) is 12.2. The van der Waals surface area contributed by atoms with Gasteiger partial charge in [0.1, 0.15) is 6.54 Å². The number of urea groups is 1. The molecule has 0 aromatic carbocycles. The van der Waals surface area contributed by atoms with Crippen molar-refractivity contribution < 1.29 is 14.7 Å². The first-order valence-electron chi connectivity index (χ1n) is 6.69. The Morgan fingerprint density at radius 2 is 2.15 bits per heavy atom. The van der Waals surface area contributed by atoms with Crippen LogP contribution < -0.4 is 5.32 Å². The zero-order valence-corrected chi connectivity index (χ0v) is 12.2. The van der Waals surface area contributed by atoms with Crippen molar-refractivity contribution in [3.05, 3.63) is 17.5 Å². The van der Waals surface area contributed by atoms with Gasteiger partial charge in [-0.3, -0.25) is 9.48 Å². The average Bonchev–Trinajstić information content (AvgIpc) is 2.69. The number of aromatic nitrogens is 2. The normalized spacial score (nSPS) is 10.3. The Balaban J connectivity index is 2.31. The number of carboxylic acids is 1. The van der Waals surface area contributed by atoms with Crippen molar-refractivity contribution in [3.63, 3.8) is 0 Å². The first kappa shape index (κ1) is 16.0. The molecule has 0 aliphatic rings. The molecule has 0 unspecified atom stereocenters. The summed E-state index contributed by atoms with van der Waals surface area (Å²) in [6.07, 6.45) is 0.748. The minimum atomic E-state index is -1.01. The van der Waals surface area contributed by atoms with Crippen LogP contribution in [0.1, 0.15) is 24.7 Å². The predicted molar refractivity (Wildman–Crippen MR) is 74.6 cm³/mol. The summed E-state index contributed by atoms with van der Waals surface area (Å²) in [5.74, 6) is -1.01. The number of aliphatic carboxylic acids is 1. The largest absolute Gasteiger partial charge is 0.480 e. The van der Waals surface area contributed by atoms with E-state index in [9.17, 15) is 9.59 Å². The van der Waals surface area contributed by atoms with E-state index >= 15 is 0 Å². The van der Waals surface area contributed by atoms with Gasteiger partial charge in [-0.15, -0.1) is 0 Å². The summed E-state index contributed by atoms with van der Waals surface area (Å²) in [5.41, 5.74) is 2.07. The third kappa shape index (κ3) is 4.91. The highest BCUT2D eigenvalue weighted by Crippen LogP contribution is 2.02. The summed E-state index contributed by atoms with van der Waals surface area (Å²) < 4.78 is 1.90. The first-order chi connectivity index (χ1) is 9.43. The molecule has 0 aliphatic heterocycles. The molecule has 1 rings (SSSR count). The van der Waals surface area contributed by atoms with Crippen molar-refractivity contribution in [1.82, 2.24) is 20.0 Å². The van der Waals surface area contributed by atoms with Crippen LogP contribution >= 0.6 is 0 Å². The number of nitrogens with one attached hydrogen (secondary N) is 1. The molecule has 0 fully saturated rings. The van der Waals surface area contributed by atoms with E-state index in [0.29, 0.717) is 13.1 Å². The fourth-order valence-corrected chi connectivity index (χ4v) is 1.93. The highest BCUT2D eigenvalue weighted by atomic mass is 16.4. The lowest BCUT2D eigenvalue weighted by Crippen LogP contribution is -2.43. The molecule has 112 valence electrons. The fraction of sp³-hybridized carbons (Fsp3) is 0.615. The van der Waals surface area contributed by atoms with Gasteiger partial charge in [-0.2, -0.15) is 5.10 Å². The van der Waals surface area contributed by atoms with E-state index in [1.165, 1.54) is 4.90 Å². The molecule has 7 heteroatoms. The van der Waals surface area contributed by atoms with E-state index in [4.69, 9.17) is 5.11 Å². The van der Waals surface area contributed by atoms with Gasteiger partial charge in [0.25, 0.3) is 0 Å². The number of aryl methyl sites for hydroxylation is 3. The maximum absolute atomic E-state index is 11.7. The van der Waals surface area contributed by atoms with Crippen molar-refractivity contribution >= 4 is 12.0 Å². The van der Waals surface area contributed by atoms with E-state index in [1.807, 2.05) is 24.6 Å². The molecule has 0 bridgehead atoms. The third-order valence-corrected chi connectivity index (χ3v) is 2.92. The van der Waals surface area contributed by atoms with Crippen molar-refractivity contribution in [2.45, 2.75) is 33.7 Å². The highest BCUT2D eigenvalue weighted by Gasteiger charge is 2.13. The molecular formula is C13H22N4O3. The van der Waals surface area contributed by atoms with Crippen LogP contribution in [0.4, 0.5) is 4.79 Å². The Labute approximate surface area is 118 Å². The maximum Gasteiger partial charge on any atom is 0.323 e. The number of carbonyl (C=O) groups excluding carboxylic acids is 1. The molecule has 0 radical (unpaired) electrons. The fourth-order valence-electron chi connectivity index (χ4n) is 1.93. The minimum absolute atomic E-state index is 0.278.